The van der Waals surface area contributed by atoms with Gasteiger partial charge in [0.15, 0.2) is 0 Å². The van der Waals surface area contributed by atoms with Crippen LogP contribution in [0.2, 0.25) is 0 Å². The summed E-state index contributed by atoms with van der Waals surface area (Å²) in [5, 5.41) is 21.6. The summed E-state index contributed by atoms with van der Waals surface area (Å²) < 4.78 is 0. The van der Waals surface area contributed by atoms with Crippen molar-refractivity contribution >= 4 is 6.08 Å². The maximum atomic E-state index is 10.8. The molecule has 0 radical (unpaired) electrons. The summed E-state index contributed by atoms with van der Waals surface area (Å²) in [6.07, 6.45) is 10.9. The highest BCUT2D eigenvalue weighted by atomic mass is 16.3. The number of hydrogen-bond acceptors (Lipinski definition) is 2. The largest absolute Gasteiger partial charge is 0.507 e. The predicted octanol–water partition coefficient (Wildman–Crippen LogP) is 5.30. The van der Waals surface area contributed by atoms with Crippen molar-refractivity contribution in [2.75, 3.05) is 0 Å². The number of phenolic OH excluding ortho intramolecular Hbond substituents is 2. The molecule has 0 bridgehead atoms. The van der Waals surface area contributed by atoms with E-state index in [9.17, 15) is 10.2 Å². The van der Waals surface area contributed by atoms with E-state index >= 15 is 0 Å². The van der Waals surface area contributed by atoms with Crippen molar-refractivity contribution in [3.63, 3.8) is 0 Å². The Morgan fingerprint density at radius 1 is 0.952 bits per heavy atom. The van der Waals surface area contributed by atoms with Crippen LogP contribution in [0, 0.1) is 0 Å². The zero-order chi connectivity index (χ0) is 15.4. The highest BCUT2D eigenvalue weighted by molar-refractivity contribution is 5.71. The summed E-state index contributed by atoms with van der Waals surface area (Å²) in [6, 6.07) is 0. The fourth-order valence-corrected chi connectivity index (χ4v) is 3.09. The van der Waals surface area contributed by atoms with Crippen LogP contribution in [0.25, 0.3) is 6.08 Å². The van der Waals surface area contributed by atoms with E-state index in [1.807, 2.05) is 6.08 Å². The Hall–Kier alpha value is -1.44. The molecular formula is C19H28O2. The summed E-state index contributed by atoms with van der Waals surface area (Å²) in [5.41, 5.74) is 3.78. The van der Waals surface area contributed by atoms with Gasteiger partial charge in [-0.2, -0.15) is 0 Å². The van der Waals surface area contributed by atoms with Crippen molar-refractivity contribution in [3.8, 4) is 11.5 Å². The molecule has 2 nitrogen and oxygen atoms in total. The molecule has 1 aliphatic rings. The maximum absolute atomic E-state index is 10.8. The number of allylic oxidation sites excluding steroid dienone is 1. The Bertz CT molecular complexity index is 525. The lowest BCUT2D eigenvalue weighted by Crippen LogP contribution is -2.02. The van der Waals surface area contributed by atoms with Gasteiger partial charge in [-0.15, -0.1) is 0 Å². The fraction of sp³-hybridized carbons (Fsp3) is 0.579. The molecule has 0 unspecified atom stereocenters. The van der Waals surface area contributed by atoms with Crippen LogP contribution < -0.4 is 0 Å². The van der Waals surface area contributed by atoms with Crippen molar-refractivity contribution in [2.24, 2.45) is 0 Å². The molecule has 1 saturated carbocycles. The van der Waals surface area contributed by atoms with Gasteiger partial charge >= 0.3 is 0 Å². The van der Waals surface area contributed by atoms with Crippen LogP contribution in [-0.4, -0.2) is 10.2 Å². The second kappa shape index (κ2) is 7.02. The lowest BCUT2D eigenvalue weighted by Gasteiger charge is -2.20. The topological polar surface area (TPSA) is 40.5 Å². The van der Waals surface area contributed by atoms with Gasteiger partial charge in [-0.25, -0.2) is 0 Å². The van der Waals surface area contributed by atoms with E-state index in [0.717, 1.165) is 67.2 Å². The molecule has 0 heterocycles. The Kier molecular flexibility index (Phi) is 5.33. The summed E-state index contributed by atoms with van der Waals surface area (Å²) in [6.45, 7) is 6.32. The quantitative estimate of drug-likeness (QED) is 0.668. The molecule has 21 heavy (non-hydrogen) atoms. The van der Waals surface area contributed by atoms with Crippen molar-refractivity contribution < 1.29 is 10.2 Å². The summed E-state index contributed by atoms with van der Waals surface area (Å²) in [4.78, 5) is 0. The van der Waals surface area contributed by atoms with Gasteiger partial charge in [-0.05, 0) is 38.0 Å². The molecule has 2 heteroatoms. The highest BCUT2D eigenvalue weighted by Gasteiger charge is 2.32. The second-order valence-corrected chi connectivity index (χ2v) is 6.07. The van der Waals surface area contributed by atoms with E-state index in [0.29, 0.717) is 17.4 Å². The van der Waals surface area contributed by atoms with E-state index < -0.39 is 0 Å². The van der Waals surface area contributed by atoms with Crippen molar-refractivity contribution in [2.45, 2.75) is 71.6 Å². The SMILES string of the molecule is CC/C=C\c1c(O)c(CCC)c(CCC)c(O)c1C1CC1. The van der Waals surface area contributed by atoms with Crippen LogP contribution >= 0.6 is 0 Å². The number of phenols is 2. The van der Waals surface area contributed by atoms with Gasteiger partial charge < -0.3 is 10.2 Å². The second-order valence-electron chi connectivity index (χ2n) is 6.07. The molecule has 1 aromatic carbocycles. The molecule has 0 atom stereocenters. The summed E-state index contributed by atoms with van der Waals surface area (Å²) in [7, 11) is 0. The number of aromatic hydroxyl groups is 2. The molecule has 0 aromatic heterocycles. The molecule has 1 fully saturated rings. The van der Waals surface area contributed by atoms with Gasteiger partial charge in [-0.1, -0.05) is 45.8 Å². The number of benzene rings is 1. The third kappa shape index (κ3) is 3.25. The summed E-state index contributed by atoms with van der Waals surface area (Å²) in [5.74, 6) is 1.29. The van der Waals surface area contributed by atoms with Crippen LogP contribution in [0.1, 0.15) is 81.0 Å². The van der Waals surface area contributed by atoms with Crippen molar-refractivity contribution in [1.82, 2.24) is 0 Å². The molecule has 1 aromatic rings. The first-order valence-corrected chi connectivity index (χ1v) is 8.41. The van der Waals surface area contributed by atoms with Gasteiger partial charge in [0.1, 0.15) is 11.5 Å². The average Bonchev–Trinajstić information content (AvgIpc) is 3.29. The van der Waals surface area contributed by atoms with E-state index in [4.69, 9.17) is 0 Å². The molecule has 2 N–H and O–H groups in total. The summed E-state index contributed by atoms with van der Waals surface area (Å²) >= 11 is 0. The fourth-order valence-electron chi connectivity index (χ4n) is 3.09. The Morgan fingerprint density at radius 2 is 1.52 bits per heavy atom. The zero-order valence-corrected chi connectivity index (χ0v) is 13.6. The predicted molar refractivity (Wildman–Crippen MR) is 89.1 cm³/mol. The maximum Gasteiger partial charge on any atom is 0.126 e. The van der Waals surface area contributed by atoms with Gasteiger partial charge in [0.25, 0.3) is 0 Å². The first-order chi connectivity index (χ1) is 10.2. The molecular weight excluding hydrogens is 260 g/mol. The standard InChI is InChI=1S/C19H28O2/c1-4-7-10-16-17(13-11-12-13)19(21)15(9-6-3)14(8-5-2)18(16)20/h7,10,13,20-21H,4-6,8-9,11-12H2,1-3H3/b10-7-. The van der Waals surface area contributed by atoms with Crippen LogP contribution in [0.5, 0.6) is 11.5 Å². The van der Waals surface area contributed by atoms with Crippen molar-refractivity contribution in [1.29, 1.82) is 0 Å². The monoisotopic (exact) mass is 288 g/mol. The number of rotatable bonds is 7. The van der Waals surface area contributed by atoms with Gasteiger partial charge in [0, 0.05) is 22.3 Å². The molecule has 0 spiro atoms. The molecule has 2 rings (SSSR count). The zero-order valence-electron chi connectivity index (χ0n) is 13.6. The van der Waals surface area contributed by atoms with Gasteiger partial charge in [0.2, 0.25) is 0 Å². The molecule has 0 amide bonds. The Morgan fingerprint density at radius 3 is 2.00 bits per heavy atom. The smallest absolute Gasteiger partial charge is 0.126 e. The molecule has 0 aliphatic heterocycles. The third-order valence-corrected chi connectivity index (χ3v) is 4.24. The van der Waals surface area contributed by atoms with E-state index in [-0.39, 0.29) is 0 Å². The minimum absolute atomic E-state index is 0.407. The lowest BCUT2D eigenvalue weighted by atomic mass is 9.88. The van der Waals surface area contributed by atoms with E-state index in [1.54, 1.807) is 0 Å². The minimum Gasteiger partial charge on any atom is -0.507 e. The molecule has 1 aliphatic carbocycles. The first kappa shape index (κ1) is 15.9. The van der Waals surface area contributed by atoms with E-state index in [2.05, 4.69) is 26.8 Å². The number of hydrogen-bond donors (Lipinski definition) is 2. The Labute approximate surface area is 128 Å². The highest BCUT2D eigenvalue weighted by Crippen LogP contribution is 2.51. The lowest BCUT2D eigenvalue weighted by molar-refractivity contribution is 0.440. The molecule has 116 valence electrons. The average molecular weight is 288 g/mol. The third-order valence-electron chi connectivity index (χ3n) is 4.24. The van der Waals surface area contributed by atoms with Crippen LogP contribution in [0.4, 0.5) is 0 Å². The van der Waals surface area contributed by atoms with Gasteiger partial charge in [0.05, 0.1) is 0 Å². The van der Waals surface area contributed by atoms with Gasteiger partial charge in [-0.3, -0.25) is 0 Å². The van der Waals surface area contributed by atoms with Crippen LogP contribution in [0.15, 0.2) is 6.08 Å². The normalized spacial score (nSPS) is 15.0. The Balaban J connectivity index is 2.64. The first-order valence-electron chi connectivity index (χ1n) is 8.41. The molecule has 0 saturated heterocycles. The minimum atomic E-state index is 0.407. The van der Waals surface area contributed by atoms with Crippen LogP contribution in [0.3, 0.4) is 0 Å². The van der Waals surface area contributed by atoms with Crippen LogP contribution in [-0.2, 0) is 12.8 Å². The van der Waals surface area contributed by atoms with Crippen molar-refractivity contribution in [3.05, 3.63) is 28.3 Å². The van der Waals surface area contributed by atoms with E-state index in [1.165, 1.54) is 0 Å².